The minimum atomic E-state index is -0.323. The van der Waals surface area contributed by atoms with Crippen molar-refractivity contribution in [3.63, 3.8) is 0 Å². The molecule has 1 unspecified atom stereocenters. The molecule has 0 aliphatic rings. The number of ether oxygens (including phenoxy) is 2. The van der Waals surface area contributed by atoms with Crippen LogP contribution in [0.25, 0.3) is 0 Å². The summed E-state index contributed by atoms with van der Waals surface area (Å²) < 4.78 is 10.4. The highest BCUT2D eigenvalue weighted by atomic mass is 16.5. The number of carbonyl (C=O) groups is 1. The molecule has 0 aliphatic carbocycles. The molecule has 0 bridgehead atoms. The predicted octanol–water partition coefficient (Wildman–Crippen LogP) is 0.931. The van der Waals surface area contributed by atoms with Gasteiger partial charge in [0.15, 0.2) is 11.5 Å². The standard InChI is InChI=1S/C15H20N2O3/c1-5-8-16-15(18)11(2)17-10-12-6-7-13(19-3)14(9-12)20-4/h1,6-7,9,11,17H,8,10H2,2-4H3,(H,16,18). The molecule has 1 aromatic rings. The van der Waals surface area contributed by atoms with Crippen molar-refractivity contribution in [3.05, 3.63) is 23.8 Å². The van der Waals surface area contributed by atoms with Gasteiger partial charge in [-0.15, -0.1) is 6.42 Å². The van der Waals surface area contributed by atoms with Crippen molar-refractivity contribution in [3.8, 4) is 23.8 Å². The summed E-state index contributed by atoms with van der Waals surface area (Å²) >= 11 is 0. The van der Waals surface area contributed by atoms with Gasteiger partial charge in [-0.2, -0.15) is 0 Å². The maximum absolute atomic E-state index is 11.6. The van der Waals surface area contributed by atoms with Gasteiger partial charge >= 0.3 is 0 Å². The number of hydrogen-bond acceptors (Lipinski definition) is 4. The van der Waals surface area contributed by atoms with E-state index in [0.29, 0.717) is 18.0 Å². The van der Waals surface area contributed by atoms with Gasteiger partial charge in [-0.3, -0.25) is 4.79 Å². The van der Waals surface area contributed by atoms with Crippen molar-refractivity contribution in [2.75, 3.05) is 20.8 Å². The van der Waals surface area contributed by atoms with Crippen LogP contribution in [-0.2, 0) is 11.3 Å². The summed E-state index contributed by atoms with van der Waals surface area (Å²) in [5.41, 5.74) is 0.999. The van der Waals surface area contributed by atoms with E-state index in [9.17, 15) is 4.79 Å². The van der Waals surface area contributed by atoms with Crippen LogP contribution in [0.1, 0.15) is 12.5 Å². The van der Waals surface area contributed by atoms with Gasteiger partial charge in [-0.05, 0) is 24.6 Å². The maximum Gasteiger partial charge on any atom is 0.237 e. The first-order valence-corrected chi connectivity index (χ1v) is 6.27. The lowest BCUT2D eigenvalue weighted by atomic mass is 10.2. The van der Waals surface area contributed by atoms with E-state index in [2.05, 4.69) is 16.6 Å². The van der Waals surface area contributed by atoms with Gasteiger partial charge in [0.2, 0.25) is 5.91 Å². The largest absolute Gasteiger partial charge is 0.493 e. The van der Waals surface area contributed by atoms with Gasteiger partial charge in [0, 0.05) is 6.54 Å². The second-order valence-corrected chi connectivity index (χ2v) is 4.21. The summed E-state index contributed by atoms with van der Waals surface area (Å²) in [7, 11) is 3.18. The molecule has 1 aromatic carbocycles. The summed E-state index contributed by atoms with van der Waals surface area (Å²) in [5.74, 6) is 3.58. The molecule has 20 heavy (non-hydrogen) atoms. The Kier molecular flexibility index (Phi) is 6.41. The zero-order valence-corrected chi connectivity index (χ0v) is 12.0. The zero-order chi connectivity index (χ0) is 15.0. The van der Waals surface area contributed by atoms with Crippen LogP contribution in [0, 0.1) is 12.3 Å². The number of terminal acetylenes is 1. The summed E-state index contributed by atoms with van der Waals surface area (Å²) in [4.78, 5) is 11.6. The van der Waals surface area contributed by atoms with Crippen molar-refractivity contribution >= 4 is 5.91 Å². The molecule has 2 N–H and O–H groups in total. The molecule has 1 rings (SSSR count). The summed E-state index contributed by atoms with van der Waals surface area (Å²) in [6.45, 7) is 2.57. The van der Waals surface area contributed by atoms with Crippen molar-refractivity contribution in [2.45, 2.75) is 19.5 Å². The molecule has 1 amide bonds. The Morgan fingerprint density at radius 3 is 2.65 bits per heavy atom. The molecule has 108 valence electrons. The van der Waals surface area contributed by atoms with Gasteiger partial charge in [0.1, 0.15) is 0 Å². The Morgan fingerprint density at radius 1 is 1.35 bits per heavy atom. The van der Waals surface area contributed by atoms with E-state index in [-0.39, 0.29) is 18.5 Å². The third-order valence-corrected chi connectivity index (χ3v) is 2.82. The van der Waals surface area contributed by atoms with Gasteiger partial charge in [0.05, 0.1) is 26.8 Å². The Bertz CT molecular complexity index is 494. The van der Waals surface area contributed by atoms with Crippen molar-refractivity contribution in [2.24, 2.45) is 0 Å². The number of rotatable bonds is 7. The number of amides is 1. The fourth-order valence-corrected chi connectivity index (χ4v) is 1.65. The Morgan fingerprint density at radius 2 is 2.05 bits per heavy atom. The fourth-order valence-electron chi connectivity index (χ4n) is 1.65. The highest BCUT2D eigenvalue weighted by Gasteiger charge is 2.11. The smallest absolute Gasteiger partial charge is 0.237 e. The number of benzene rings is 1. The molecule has 0 saturated carbocycles. The molecule has 0 radical (unpaired) electrons. The molecular weight excluding hydrogens is 256 g/mol. The summed E-state index contributed by atoms with van der Waals surface area (Å²) in [6, 6.07) is 5.30. The van der Waals surface area contributed by atoms with Crippen LogP contribution in [0.4, 0.5) is 0 Å². The van der Waals surface area contributed by atoms with Gasteiger partial charge < -0.3 is 20.1 Å². The predicted molar refractivity (Wildman–Crippen MR) is 77.7 cm³/mol. The van der Waals surface area contributed by atoms with Crippen LogP contribution >= 0.6 is 0 Å². The molecule has 0 aliphatic heterocycles. The molecule has 0 heterocycles. The first-order valence-electron chi connectivity index (χ1n) is 6.27. The summed E-state index contributed by atoms with van der Waals surface area (Å²) in [5, 5.41) is 5.75. The van der Waals surface area contributed by atoms with Crippen LogP contribution in [0.2, 0.25) is 0 Å². The van der Waals surface area contributed by atoms with E-state index in [1.807, 2.05) is 18.2 Å². The molecule has 1 atom stereocenters. The Labute approximate surface area is 119 Å². The molecule has 0 aromatic heterocycles. The highest BCUT2D eigenvalue weighted by molar-refractivity contribution is 5.81. The molecule has 5 nitrogen and oxygen atoms in total. The Hall–Kier alpha value is -2.19. The average Bonchev–Trinajstić information content (AvgIpc) is 2.49. The molecule has 0 saturated heterocycles. The van der Waals surface area contributed by atoms with Crippen LogP contribution < -0.4 is 20.1 Å². The number of nitrogens with one attached hydrogen (secondary N) is 2. The molecule has 5 heteroatoms. The fraction of sp³-hybridized carbons (Fsp3) is 0.400. The van der Waals surface area contributed by atoms with Crippen LogP contribution in [-0.4, -0.2) is 32.7 Å². The van der Waals surface area contributed by atoms with E-state index in [1.165, 1.54) is 0 Å². The lowest BCUT2D eigenvalue weighted by Gasteiger charge is -2.14. The van der Waals surface area contributed by atoms with Gasteiger partial charge in [-0.1, -0.05) is 12.0 Å². The maximum atomic E-state index is 11.6. The van der Waals surface area contributed by atoms with E-state index in [0.717, 1.165) is 5.56 Å². The quantitative estimate of drug-likeness (QED) is 0.727. The monoisotopic (exact) mass is 276 g/mol. The zero-order valence-electron chi connectivity index (χ0n) is 12.0. The third-order valence-electron chi connectivity index (χ3n) is 2.82. The molecule has 0 spiro atoms. The van der Waals surface area contributed by atoms with Crippen molar-refractivity contribution in [1.82, 2.24) is 10.6 Å². The molecule has 0 fully saturated rings. The van der Waals surface area contributed by atoms with Gasteiger partial charge in [-0.25, -0.2) is 0 Å². The van der Waals surface area contributed by atoms with Crippen molar-refractivity contribution < 1.29 is 14.3 Å². The first-order chi connectivity index (χ1) is 9.62. The summed E-state index contributed by atoms with van der Waals surface area (Å²) in [6.07, 6.45) is 5.09. The SMILES string of the molecule is C#CCNC(=O)C(C)NCc1ccc(OC)c(OC)c1. The third kappa shape index (κ3) is 4.48. The lowest BCUT2D eigenvalue weighted by molar-refractivity contribution is -0.122. The minimum Gasteiger partial charge on any atom is -0.493 e. The van der Waals surface area contributed by atoms with Crippen LogP contribution in [0.5, 0.6) is 11.5 Å². The Balaban J connectivity index is 2.57. The van der Waals surface area contributed by atoms with Crippen LogP contribution in [0.15, 0.2) is 18.2 Å². The number of hydrogen-bond donors (Lipinski definition) is 2. The number of methoxy groups -OCH3 is 2. The van der Waals surface area contributed by atoms with Crippen LogP contribution in [0.3, 0.4) is 0 Å². The van der Waals surface area contributed by atoms with E-state index >= 15 is 0 Å². The topological polar surface area (TPSA) is 59.6 Å². The second kappa shape index (κ2) is 8.08. The number of carbonyl (C=O) groups excluding carboxylic acids is 1. The molecular formula is C15H20N2O3. The van der Waals surface area contributed by atoms with E-state index in [1.54, 1.807) is 21.1 Å². The van der Waals surface area contributed by atoms with Gasteiger partial charge in [0.25, 0.3) is 0 Å². The van der Waals surface area contributed by atoms with Crippen molar-refractivity contribution in [1.29, 1.82) is 0 Å². The minimum absolute atomic E-state index is 0.122. The van der Waals surface area contributed by atoms with E-state index in [4.69, 9.17) is 15.9 Å². The lowest BCUT2D eigenvalue weighted by Crippen LogP contribution is -2.41. The highest BCUT2D eigenvalue weighted by Crippen LogP contribution is 2.27. The average molecular weight is 276 g/mol. The second-order valence-electron chi connectivity index (χ2n) is 4.21. The first kappa shape index (κ1) is 15.9. The van der Waals surface area contributed by atoms with E-state index < -0.39 is 0 Å². The normalized spacial score (nSPS) is 11.3.